The molecule has 2 aromatic carbocycles. The molecule has 2 aromatic rings. The van der Waals surface area contributed by atoms with E-state index in [-0.39, 0.29) is 0 Å². The van der Waals surface area contributed by atoms with Crippen LogP contribution in [0.15, 0.2) is 64.1 Å². The fraction of sp³-hybridized carbons (Fsp3) is 0.188. The van der Waals surface area contributed by atoms with Gasteiger partial charge in [-0.15, -0.1) is 0 Å². The van der Waals surface area contributed by atoms with Crippen molar-refractivity contribution in [3.05, 3.63) is 70.2 Å². The predicted octanol–water partition coefficient (Wildman–Crippen LogP) is 4.50. The molecule has 0 amide bonds. The molecule has 0 aromatic heterocycles. The van der Waals surface area contributed by atoms with Crippen molar-refractivity contribution in [2.45, 2.75) is 13.3 Å². The lowest BCUT2D eigenvalue weighted by Gasteiger charge is -2.03. The first-order valence-corrected chi connectivity index (χ1v) is 6.86. The maximum absolute atomic E-state index is 4.63. The second-order valence-corrected chi connectivity index (χ2v) is 5.03. The van der Waals surface area contributed by atoms with E-state index < -0.39 is 0 Å². The van der Waals surface area contributed by atoms with Crippen LogP contribution in [0.4, 0.5) is 0 Å². The highest BCUT2D eigenvalue weighted by Crippen LogP contribution is 2.16. The van der Waals surface area contributed by atoms with Gasteiger partial charge in [0, 0.05) is 16.7 Å². The highest BCUT2D eigenvalue weighted by atomic mass is 79.9. The summed E-state index contributed by atoms with van der Waals surface area (Å²) < 4.78 is 1.16. The van der Waals surface area contributed by atoms with Gasteiger partial charge in [0.05, 0.1) is 0 Å². The standard InChI is InChI=1S/C16H16BrN/c1-13(14-7-3-2-4-8-14)18-12-11-15-9-5-6-10-16(15)17/h2-10H,11-12H2,1H3. The van der Waals surface area contributed by atoms with Gasteiger partial charge in [-0.05, 0) is 30.5 Å². The van der Waals surface area contributed by atoms with Gasteiger partial charge in [-0.3, -0.25) is 4.99 Å². The maximum Gasteiger partial charge on any atom is 0.0433 e. The quantitative estimate of drug-likeness (QED) is 0.737. The minimum absolute atomic E-state index is 0.823. The van der Waals surface area contributed by atoms with Crippen molar-refractivity contribution < 1.29 is 0 Å². The second kappa shape index (κ2) is 6.50. The lowest BCUT2D eigenvalue weighted by molar-refractivity contribution is 0.962. The number of aliphatic imine (C=N–C) groups is 1. The van der Waals surface area contributed by atoms with Crippen LogP contribution in [-0.4, -0.2) is 12.3 Å². The highest BCUT2D eigenvalue weighted by molar-refractivity contribution is 9.10. The molecule has 0 aliphatic rings. The molecule has 0 heterocycles. The van der Waals surface area contributed by atoms with Crippen LogP contribution in [0.1, 0.15) is 18.1 Å². The first-order valence-electron chi connectivity index (χ1n) is 6.07. The normalized spacial score (nSPS) is 11.6. The van der Waals surface area contributed by atoms with Crippen molar-refractivity contribution in [1.29, 1.82) is 0 Å². The Morgan fingerprint density at radius 1 is 1.00 bits per heavy atom. The van der Waals surface area contributed by atoms with Gasteiger partial charge in [-0.1, -0.05) is 64.5 Å². The zero-order valence-electron chi connectivity index (χ0n) is 10.4. The molecule has 92 valence electrons. The van der Waals surface area contributed by atoms with Gasteiger partial charge in [0.2, 0.25) is 0 Å². The molecule has 0 atom stereocenters. The Kier molecular flexibility index (Phi) is 4.71. The minimum atomic E-state index is 0.823. The smallest absolute Gasteiger partial charge is 0.0433 e. The molecular weight excluding hydrogens is 286 g/mol. The van der Waals surface area contributed by atoms with Crippen molar-refractivity contribution in [3.8, 4) is 0 Å². The average Bonchev–Trinajstić information content (AvgIpc) is 2.42. The van der Waals surface area contributed by atoms with Crippen molar-refractivity contribution >= 4 is 21.6 Å². The minimum Gasteiger partial charge on any atom is -0.289 e. The molecule has 0 aliphatic heterocycles. The van der Waals surface area contributed by atoms with E-state index in [1.54, 1.807) is 0 Å². The largest absolute Gasteiger partial charge is 0.289 e. The molecule has 2 heteroatoms. The first kappa shape index (κ1) is 13.0. The zero-order valence-corrected chi connectivity index (χ0v) is 12.0. The highest BCUT2D eigenvalue weighted by Gasteiger charge is 1.98. The number of nitrogens with zero attached hydrogens (tertiary/aromatic N) is 1. The van der Waals surface area contributed by atoms with Crippen LogP contribution >= 0.6 is 15.9 Å². The van der Waals surface area contributed by atoms with E-state index >= 15 is 0 Å². The summed E-state index contributed by atoms with van der Waals surface area (Å²) in [5, 5.41) is 0. The monoisotopic (exact) mass is 301 g/mol. The molecule has 18 heavy (non-hydrogen) atoms. The summed E-state index contributed by atoms with van der Waals surface area (Å²) in [6.07, 6.45) is 0.964. The molecule has 2 rings (SSSR count). The van der Waals surface area contributed by atoms with Crippen LogP contribution in [-0.2, 0) is 6.42 Å². The third kappa shape index (κ3) is 3.54. The van der Waals surface area contributed by atoms with Crippen LogP contribution in [0, 0.1) is 0 Å². The van der Waals surface area contributed by atoms with E-state index in [0.717, 1.165) is 23.1 Å². The van der Waals surface area contributed by atoms with E-state index in [9.17, 15) is 0 Å². The summed E-state index contributed by atoms with van der Waals surface area (Å²) in [5.74, 6) is 0. The number of hydrogen-bond acceptors (Lipinski definition) is 1. The zero-order chi connectivity index (χ0) is 12.8. The molecule has 0 spiro atoms. The maximum atomic E-state index is 4.63. The van der Waals surface area contributed by atoms with E-state index in [1.807, 2.05) is 24.3 Å². The molecule has 0 bridgehead atoms. The van der Waals surface area contributed by atoms with Gasteiger partial charge in [-0.2, -0.15) is 0 Å². The topological polar surface area (TPSA) is 12.4 Å². The fourth-order valence-electron chi connectivity index (χ4n) is 1.82. The number of halogens is 1. The van der Waals surface area contributed by atoms with Crippen molar-refractivity contribution in [3.63, 3.8) is 0 Å². The Balaban J connectivity index is 1.98. The third-order valence-electron chi connectivity index (χ3n) is 2.88. The van der Waals surface area contributed by atoms with Crippen LogP contribution in [0.3, 0.4) is 0 Å². The molecule has 0 saturated heterocycles. The summed E-state index contributed by atoms with van der Waals surface area (Å²) >= 11 is 3.56. The Morgan fingerprint density at radius 2 is 1.67 bits per heavy atom. The molecule has 0 aliphatic carbocycles. The number of rotatable bonds is 4. The Bertz CT molecular complexity index is 532. The van der Waals surface area contributed by atoms with Crippen LogP contribution in [0.2, 0.25) is 0 Å². The summed E-state index contributed by atoms with van der Waals surface area (Å²) in [6.45, 7) is 2.89. The Labute approximate surface area is 117 Å². The predicted molar refractivity (Wildman–Crippen MR) is 81.4 cm³/mol. The first-order chi connectivity index (χ1) is 8.77. The lowest BCUT2D eigenvalue weighted by Crippen LogP contribution is -1.98. The van der Waals surface area contributed by atoms with Gasteiger partial charge >= 0.3 is 0 Å². The van der Waals surface area contributed by atoms with Crippen molar-refractivity contribution in [2.75, 3.05) is 6.54 Å². The SMILES string of the molecule is CC(=NCCc1ccccc1Br)c1ccccc1. The summed E-state index contributed by atoms with van der Waals surface area (Å²) in [4.78, 5) is 4.63. The number of benzene rings is 2. The molecule has 0 N–H and O–H groups in total. The van der Waals surface area contributed by atoms with Crippen LogP contribution in [0.25, 0.3) is 0 Å². The van der Waals surface area contributed by atoms with Crippen LogP contribution < -0.4 is 0 Å². The molecule has 0 fully saturated rings. The molecule has 0 radical (unpaired) electrons. The summed E-state index contributed by atoms with van der Waals surface area (Å²) in [5.41, 5.74) is 3.61. The van der Waals surface area contributed by atoms with Crippen molar-refractivity contribution in [1.82, 2.24) is 0 Å². The van der Waals surface area contributed by atoms with Gasteiger partial charge in [-0.25, -0.2) is 0 Å². The Hall–Kier alpha value is -1.41. The van der Waals surface area contributed by atoms with E-state index in [1.165, 1.54) is 11.1 Å². The van der Waals surface area contributed by atoms with Gasteiger partial charge in [0.25, 0.3) is 0 Å². The molecule has 1 nitrogen and oxygen atoms in total. The Morgan fingerprint density at radius 3 is 2.39 bits per heavy atom. The lowest BCUT2D eigenvalue weighted by atomic mass is 10.1. The van der Waals surface area contributed by atoms with E-state index in [4.69, 9.17) is 0 Å². The van der Waals surface area contributed by atoms with Gasteiger partial charge < -0.3 is 0 Å². The van der Waals surface area contributed by atoms with Gasteiger partial charge in [0.15, 0.2) is 0 Å². The third-order valence-corrected chi connectivity index (χ3v) is 3.65. The second-order valence-electron chi connectivity index (χ2n) is 4.17. The van der Waals surface area contributed by atoms with Crippen LogP contribution in [0.5, 0.6) is 0 Å². The number of hydrogen-bond donors (Lipinski definition) is 0. The molecular formula is C16H16BrN. The van der Waals surface area contributed by atoms with Gasteiger partial charge in [0.1, 0.15) is 0 Å². The van der Waals surface area contributed by atoms with Crippen molar-refractivity contribution in [2.24, 2.45) is 4.99 Å². The van der Waals surface area contributed by atoms with E-state index in [2.05, 4.69) is 58.2 Å². The average molecular weight is 302 g/mol. The molecule has 0 unspecified atom stereocenters. The van der Waals surface area contributed by atoms with E-state index in [0.29, 0.717) is 0 Å². The molecule has 0 saturated carbocycles. The summed E-state index contributed by atoms with van der Waals surface area (Å²) in [7, 11) is 0. The summed E-state index contributed by atoms with van der Waals surface area (Å²) in [6, 6.07) is 18.6. The fourth-order valence-corrected chi connectivity index (χ4v) is 2.30.